The second kappa shape index (κ2) is 8.35. The Labute approximate surface area is 114 Å². The van der Waals surface area contributed by atoms with Gasteiger partial charge in [-0.15, -0.1) is 0 Å². The molecule has 1 rings (SSSR count). The quantitative estimate of drug-likeness (QED) is 0.737. The predicted molar refractivity (Wildman–Crippen MR) is 75.6 cm³/mol. The zero-order valence-corrected chi connectivity index (χ0v) is 12.1. The van der Waals surface area contributed by atoms with Crippen LogP contribution in [0.4, 0.5) is 0 Å². The van der Waals surface area contributed by atoms with Gasteiger partial charge < -0.3 is 14.8 Å². The summed E-state index contributed by atoms with van der Waals surface area (Å²) >= 11 is 5.95. The first kappa shape index (κ1) is 15.3. The second-order valence-corrected chi connectivity index (χ2v) is 4.83. The van der Waals surface area contributed by atoms with Crippen LogP contribution in [0, 0.1) is 6.92 Å². The zero-order chi connectivity index (χ0) is 13.4. The first-order chi connectivity index (χ1) is 8.63. The molecule has 0 bridgehead atoms. The normalized spacial score (nSPS) is 12.4. The number of benzene rings is 1. The van der Waals surface area contributed by atoms with Crippen molar-refractivity contribution in [2.24, 2.45) is 0 Å². The number of hydrogen-bond acceptors (Lipinski definition) is 3. The Morgan fingerprint density at radius 1 is 1.39 bits per heavy atom. The number of rotatable bonds is 8. The lowest BCUT2D eigenvalue weighted by atomic mass is 10.2. The van der Waals surface area contributed by atoms with E-state index in [0.717, 1.165) is 37.4 Å². The third-order valence-electron chi connectivity index (χ3n) is 2.61. The summed E-state index contributed by atoms with van der Waals surface area (Å²) in [7, 11) is 1.72. The Kier molecular flexibility index (Phi) is 7.09. The molecule has 0 aromatic heterocycles. The van der Waals surface area contributed by atoms with Gasteiger partial charge in [-0.2, -0.15) is 0 Å². The fourth-order valence-electron chi connectivity index (χ4n) is 1.61. The van der Waals surface area contributed by atoms with E-state index in [-0.39, 0.29) is 6.10 Å². The van der Waals surface area contributed by atoms with Crippen LogP contribution >= 0.6 is 11.6 Å². The minimum Gasteiger partial charge on any atom is -0.489 e. The first-order valence-corrected chi connectivity index (χ1v) is 6.63. The SMILES string of the molecule is COCCCNCC(C)Oc1cc(Cl)ccc1C. The summed E-state index contributed by atoms with van der Waals surface area (Å²) in [6.07, 6.45) is 1.13. The lowest BCUT2D eigenvalue weighted by Crippen LogP contribution is -2.30. The molecule has 0 saturated heterocycles. The molecule has 3 nitrogen and oxygen atoms in total. The molecule has 102 valence electrons. The van der Waals surface area contributed by atoms with Crippen molar-refractivity contribution >= 4 is 11.6 Å². The Morgan fingerprint density at radius 2 is 2.17 bits per heavy atom. The van der Waals surface area contributed by atoms with Crippen molar-refractivity contribution in [2.75, 3.05) is 26.8 Å². The van der Waals surface area contributed by atoms with E-state index in [1.54, 1.807) is 7.11 Å². The van der Waals surface area contributed by atoms with Crippen LogP contribution in [0.15, 0.2) is 18.2 Å². The van der Waals surface area contributed by atoms with Gasteiger partial charge in [-0.25, -0.2) is 0 Å². The van der Waals surface area contributed by atoms with Crippen molar-refractivity contribution in [3.05, 3.63) is 28.8 Å². The van der Waals surface area contributed by atoms with Gasteiger partial charge in [0.05, 0.1) is 0 Å². The fraction of sp³-hybridized carbons (Fsp3) is 0.571. The predicted octanol–water partition coefficient (Wildman–Crippen LogP) is 3.04. The van der Waals surface area contributed by atoms with Gasteiger partial charge in [0.1, 0.15) is 11.9 Å². The molecule has 1 atom stereocenters. The largest absolute Gasteiger partial charge is 0.489 e. The van der Waals surface area contributed by atoms with Crippen LogP contribution in [-0.4, -0.2) is 32.9 Å². The Bertz CT molecular complexity index is 358. The number of nitrogens with one attached hydrogen (secondary N) is 1. The number of halogens is 1. The highest BCUT2D eigenvalue weighted by Gasteiger charge is 2.06. The molecule has 1 aromatic rings. The third-order valence-corrected chi connectivity index (χ3v) is 2.85. The van der Waals surface area contributed by atoms with Crippen LogP contribution in [0.25, 0.3) is 0 Å². The highest BCUT2D eigenvalue weighted by Crippen LogP contribution is 2.23. The fourth-order valence-corrected chi connectivity index (χ4v) is 1.77. The summed E-state index contributed by atoms with van der Waals surface area (Å²) in [5.74, 6) is 0.855. The maximum absolute atomic E-state index is 5.95. The molecule has 0 saturated carbocycles. The smallest absolute Gasteiger partial charge is 0.124 e. The average molecular weight is 272 g/mol. The molecular weight excluding hydrogens is 250 g/mol. The van der Waals surface area contributed by atoms with Crippen molar-refractivity contribution in [2.45, 2.75) is 26.4 Å². The first-order valence-electron chi connectivity index (χ1n) is 6.26. The van der Waals surface area contributed by atoms with Gasteiger partial charge in [0.15, 0.2) is 0 Å². The van der Waals surface area contributed by atoms with Crippen molar-refractivity contribution in [1.29, 1.82) is 0 Å². The Morgan fingerprint density at radius 3 is 2.89 bits per heavy atom. The summed E-state index contributed by atoms with van der Waals surface area (Å²) < 4.78 is 10.8. The van der Waals surface area contributed by atoms with E-state index in [4.69, 9.17) is 21.1 Å². The number of aryl methyl sites for hydroxylation is 1. The number of hydrogen-bond donors (Lipinski definition) is 1. The Balaban J connectivity index is 2.30. The molecule has 18 heavy (non-hydrogen) atoms. The molecule has 0 radical (unpaired) electrons. The van der Waals surface area contributed by atoms with E-state index >= 15 is 0 Å². The molecule has 0 heterocycles. The molecular formula is C14H22ClNO2. The van der Waals surface area contributed by atoms with E-state index < -0.39 is 0 Å². The third kappa shape index (κ3) is 5.71. The van der Waals surface area contributed by atoms with Gasteiger partial charge >= 0.3 is 0 Å². The summed E-state index contributed by atoms with van der Waals surface area (Å²) in [5.41, 5.74) is 1.10. The van der Waals surface area contributed by atoms with Gasteiger partial charge in [-0.05, 0) is 44.5 Å². The van der Waals surface area contributed by atoms with Crippen LogP contribution in [-0.2, 0) is 4.74 Å². The number of ether oxygens (including phenoxy) is 2. The van der Waals surface area contributed by atoms with Crippen molar-refractivity contribution < 1.29 is 9.47 Å². The van der Waals surface area contributed by atoms with Crippen LogP contribution in [0.3, 0.4) is 0 Å². The molecule has 0 spiro atoms. The summed E-state index contributed by atoms with van der Waals surface area (Å²) in [4.78, 5) is 0. The molecule has 1 unspecified atom stereocenters. The summed E-state index contributed by atoms with van der Waals surface area (Å²) in [5, 5.41) is 4.04. The molecule has 0 fully saturated rings. The minimum absolute atomic E-state index is 0.115. The van der Waals surface area contributed by atoms with Gasteiger partial charge in [-0.1, -0.05) is 17.7 Å². The zero-order valence-electron chi connectivity index (χ0n) is 11.3. The molecule has 4 heteroatoms. The monoisotopic (exact) mass is 271 g/mol. The summed E-state index contributed by atoms with van der Waals surface area (Å²) in [6, 6.07) is 5.70. The maximum atomic E-state index is 5.95. The number of methoxy groups -OCH3 is 1. The molecule has 0 amide bonds. The minimum atomic E-state index is 0.115. The van der Waals surface area contributed by atoms with Crippen LogP contribution in [0.1, 0.15) is 18.9 Å². The van der Waals surface area contributed by atoms with Crippen LogP contribution in [0.2, 0.25) is 5.02 Å². The van der Waals surface area contributed by atoms with Gasteiger partial charge in [0, 0.05) is 25.3 Å². The van der Waals surface area contributed by atoms with Crippen molar-refractivity contribution in [3.63, 3.8) is 0 Å². The molecule has 1 N–H and O–H groups in total. The van der Waals surface area contributed by atoms with E-state index in [1.807, 2.05) is 32.0 Å². The van der Waals surface area contributed by atoms with Gasteiger partial charge in [0.25, 0.3) is 0 Å². The topological polar surface area (TPSA) is 30.5 Å². The van der Waals surface area contributed by atoms with Crippen molar-refractivity contribution in [3.8, 4) is 5.75 Å². The molecule has 0 aliphatic rings. The van der Waals surface area contributed by atoms with E-state index in [2.05, 4.69) is 5.32 Å². The molecule has 1 aromatic carbocycles. The average Bonchev–Trinajstić information content (AvgIpc) is 2.33. The molecule has 0 aliphatic heterocycles. The van der Waals surface area contributed by atoms with Crippen LogP contribution in [0.5, 0.6) is 5.75 Å². The highest BCUT2D eigenvalue weighted by molar-refractivity contribution is 6.30. The Hall–Kier alpha value is -0.770. The van der Waals surface area contributed by atoms with Gasteiger partial charge in [0.2, 0.25) is 0 Å². The lowest BCUT2D eigenvalue weighted by Gasteiger charge is -2.17. The maximum Gasteiger partial charge on any atom is 0.124 e. The molecule has 0 aliphatic carbocycles. The highest BCUT2D eigenvalue weighted by atomic mass is 35.5. The van der Waals surface area contributed by atoms with Crippen LogP contribution < -0.4 is 10.1 Å². The van der Waals surface area contributed by atoms with E-state index in [1.165, 1.54) is 0 Å². The lowest BCUT2D eigenvalue weighted by molar-refractivity contribution is 0.188. The van der Waals surface area contributed by atoms with E-state index in [0.29, 0.717) is 5.02 Å². The standard InChI is InChI=1S/C14H22ClNO2/c1-11-5-6-13(15)9-14(11)18-12(2)10-16-7-4-8-17-3/h5-6,9,12,16H,4,7-8,10H2,1-3H3. The van der Waals surface area contributed by atoms with E-state index in [9.17, 15) is 0 Å². The van der Waals surface area contributed by atoms with Gasteiger partial charge in [-0.3, -0.25) is 0 Å². The van der Waals surface area contributed by atoms with Crippen molar-refractivity contribution in [1.82, 2.24) is 5.32 Å². The summed E-state index contributed by atoms with van der Waals surface area (Å²) in [6.45, 7) is 6.61. The second-order valence-electron chi connectivity index (χ2n) is 4.39.